The Morgan fingerprint density at radius 3 is 2.20 bits per heavy atom. The number of hydrogen-bond donors (Lipinski definition) is 2. The van der Waals surface area contributed by atoms with Gasteiger partial charge in [0.25, 0.3) is 5.91 Å². The molecule has 0 radical (unpaired) electrons. The highest BCUT2D eigenvalue weighted by molar-refractivity contribution is 5.98. The topological polar surface area (TPSA) is 84.7 Å². The second kappa shape index (κ2) is 14.7. The first-order chi connectivity index (χ1) is 19.1. The minimum Gasteiger partial charge on any atom is -0.456 e. The molecule has 2 atom stereocenters. The standard InChI is InChI=1S/C32H39F2N3O3/c1-5-22-9-8-10-23(13-22)19-36-20-30(29(35)16-24-14-27(33)18-28(34)15-24)40-32(39)26-12-21(4)11-25(17-26)31(38)37(6-2)7-3/h8-15,17-18,29-30,36H,5-7,16,19-20,35H2,1-4H3/t29-,30+/m0/s1. The zero-order chi connectivity index (χ0) is 29.2. The predicted molar refractivity (Wildman–Crippen MR) is 153 cm³/mol. The first kappa shape index (κ1) is 30.9. The van der Waals surface area contributed by atoms with Crippen LogP contribution in [0.3, 0.4) is 0 Å². The van der Waals surface area contributed by atoms with Crippen LogP contribution in [0.2, 0.25) is 0 Å². The van der Waals surface area contributed by atoms with Crippen LogP contribution in [0.5, 0.6) is 0 Å². The first-order valence-electron chi connectivity index (χ1n) is 13.7. The van der Waals surface area contributed by atoms with Gasteiger partial charge >= 0.3 is 5.97 Å². The van der Waals surface area contributed by atoms with Gasteiger partial charge in [0.05, 0.1) is 5.56 Å². The summed E-state index contributed by atoms with van der Waals surface area (Å²) in [5, 5.41) is 3.30. The van der Waals surface area contributed by atoms with Crippen LogP contribution in [0.25, 0.3) is 0 Å². The number of nitrogens with two attached hydrogens (primary N) is 1. The summed E-state index contributed by atoms with van der Waals surface area (Å²) in [5.41, 5.74) is 10.5. The van der Waals surface area contributed by atoms with E-state index in [2.05, 4.69) is 24.4 Å². The summed E-state index contributed by atoms with van der Waals surface area (Å²) >= 11 is 0. The van der Waals surface area contributed by atoms with Gasteiger partial charge < -0.3 is 20.7 Å². The van der Waals surface area contributed by atoms with Crippen molar-refractivity contribution in [3.63, 3.8) is 0 Å². The minimum atomic E-state index is -0.810. The van der Waals surface area contributed by atoms with E-state index in [0.29, 0.717) is 30.8 Å². The first-order valence-corrected chi connectivity index (χ1v) is 13.7. The van der Waals surface area contributed by atoms with Gasteiger partial charge in [-0.3, -0.25) is 4.79 Å². The van der Waals surface area contributed by atoms with E-state index >= 15 is 0 Å². The molecule has 6 nitrogen and oxygen atoms in total. The van der Waals surface area contributed by atoms with Crippen molar-refractivity contribution in [2.45, 2.75) is 59.2 Å². The van der Waals surface area contributed by atoms with Gasteiger partial charge in [0.15, 0.2) is 0 Å². The molecule has 0 aliphatic heterocycles. The van der Waals surface area contributed by atoms with E-state index in [4.69, 9.17) is 10.5 Å². The lowest BCUT2D eigenvalue weighted by Gasteiger charge is -2.25. The number of ether oxygens (including phenoxy) is 1. The fourth-order valence-electron chi connectivity index (χ4n) is 4.65. The molecular formula is C32H39F2N3O3. The molecule has 0 unspecified atom stereocenters. The Bertz CT molecular complexity index is 1290. The van der Waals surface area contributed by atoms with Gasteiger partial charge in [-0.05, 0) is 86.2 Å². The van der Waals surface area contributed by atoms with Crippen LogP contribution in [0.15, 0.2) is 60.7 Å². The Balaban J connectivity index is 1.81. The van der Waals surface area contributed by atoms with E-state index in [1.807, 2.05) is 32.9 Å². The second-order valence-corrected chi connectivity index (χ2v) is 9.96. The number of benzene rings is 3. The smallest absolute Gasteiger partial charge is 0.338 e. The van der Waals surface area contributed by atoms with E-state index in [1.165, 1.54) is 23.8 Å². The number of nitrogens with zero attached hydrogens (tertiary/aromatic N) is 1. The largest absolute Gasteiger partial charge is 0.456 e. The zero-order valence-electron chi connectivity index (χ0n) is 23.7. The Morgan fingerprint density at radius 2 is 1.55 bits per heavy atom. The van der Waals surface area contributed by atoms with E-state index in [9.17, 15) is 18.4 Å². The number of hydrogen-bond acceptors (Lipinski definition) is 5. The molecule has 8 heteroatoms. The molecular weight excluding hydrogens is 512 g/mol. The van der Waals surface area contributed by atoms with Crippen molar-refractivity contribution in [3.8, 4) is 0 Å². The summed E-state index contributed by atoms with van der Waals surface area (Å²) in [6.07, 6.45) is 0.202. The van der Waals surface area contributed by atoms with Crippen molar-refractivity contribution in [2.75, 3.05) is 19.6 Å². The van der Waals surface area contributed by atoms with Crippen molar-refractivity contribution >= 4 is 11.9 Å². The van der Waals surface area contributed by atoms with Crippen LogP contribution in [-0.4, -0.2) is 48.6 Å². The molecule has 40 heavy (non-hydrogen) atoms. The van der Waals surface area contributed by atoms with Crippen LogP contribution < -0.4 is 11.1 Å². The van der Waals surface area contributed by atoms with Gasteiger partial charge in [-0.15, -0.1) is 0 Å². The third-order valence-electron chi connectivity index (χ3n) is 6.81. The van der Waals surface area contributed by atoms with Crippen LogP contribution in [0.1, 0.15) is 63.7 Å². The number of rotatable bonds is 13. The van der Waals surface area contributed by atoms with Crippen LogP contribution in [-0.2, 0) is 24.1 Å². The minimum absolute atomic E-state index is 0.0964. The molecule has 0 aromatic heterocycles. The van der Waals surface area contributed by atoms with E-state index in [1.54, 1.807) is 17.0 Å². The maximum Gasteiger partial charge on any atom is 0.338 e. The van der Waals surface area contributed by atoms with E-state index in [0.717, 1.165) is 23.6 Å². The Kier molecular flexibility index (Phi) is 11.3. The van der Waals surface area contributed by atoms with E-state index in [-0.39, 0.29) is 24.4 Å². The number of aryl methyl sites for hydroxylation is 2. The summed E-state index contributed by atoms with van der Waals surface area (Å²) in [5.74, 6) is -2.19. The molecule has 3 aromatic carbocycles. The average molecular weight is 552 g/mol. The van der Waals surface area contributed by atoms with E-state index < -0.39 is 29.7 Å². The third-order valence-corrected chi connectivity index (χ3v) is 6.81. The second-order valence-electron chi connectivity index (χ2n) is 9.96. The molecule has 214 valence electrons. The van der Waals surface area contributed by atoms with Crippen molar-refractivity contribution in [3.05, 3.63) is 106 Å². The molecule has 0 saturated carbocycles. The van der Waals surface area contributed by atoms with Crippen molar-refractivity contribution < 1.29 is 23.1 Å². The monoisotopic (exact) mass is 551 g/mol. The lowest BCUT2D eigenvalue weighted by atomic mass is 10.0. The molecule has 0 bridgehead atoms. The molecule has 3 N–H and O–H groups in total. The lowest BCUT2D eigenvalue weighted by Crippen LogP contribution is -2.46. The summed E-state index contributed by atoms with van der Waals surface area (Å²) in [6, 6.07) is 15.6. The van der Waals surface area contributed by atoms with Crippen molar-refractivity contribution in [1.29, 1.82) is 0 Å². The quantitative estimate of drug-likeness (QED) is 0.285. The number of esters is 1. The maximum atomic E-state index is 13.8. The SMILES string of the molecule is CCc1cccc(CNC[C@@H](OC(=O)c2cc(C)cc(C(=O)N(CC)CC)c2)[C@@H](N)Cc2cc(F)cc(F)c2)c1. The molecule has 3 rings (SSSR count). The van der Waals surface area contributed by atoms with Crippen molar-refractivity contribution in [1.82, 2.24) is 10.2 Å². The number of amides is 1. The lowest BCUT2D eigenvalue weighted by molar-refractivity contribution is 0.0238. The number of carbonyl (C=O) groups excluding carboxylic acids is 2. The van der Waals surface area contributed by atoms with Crippen molar-refractivity contribution in [2.24, 2.45) is 5.73 Å². The highest BCUT2D eigenvalue weighted by Gasteiger charge is 2.25. The highest BCUT2D eigenvalue weighted by Crippen LogP contribution is 2.17. The van der Waals surface area contributed by atoms with Gasteiger partial charge in [0, 0.05) is 43.9 Å². The van der Waals surface area contributed by atoms with Crippen LogP contribution in [0, 0.1) is 18.6 Å². The molecule has 0 fully saturated rings. The summed E-state index contributed by atoms with van der Waals surface area (Å²) < 4.78 is 33.5. The molecule has 1 amide bonds. The molecule has 0 heterocycles. The fourth-order valence-corrected chi connectivity index (χ4v) is 4.65. The number of halogens is 2. The molecule has 0 aliphatic carbocycles. The normalized spacial score (nSPS) is 12.6. The van der Waals surface area contributed by atoms with Crippen LogP contribution >= 0.6 is 0 Å². The Hall–Kier alpha value is -3.62. The molecule has 0 saturated heterocycles. The number of carbonyl (C=O) groups is 2. The fraction of sp³-hybridized carbons (Fsp3) is 0.375. The zero-order valence-corrected chi connectivity index (χ0v) is 23.7. The Labute approximate surface area is 235 Å². The van der Waals surface area contributed by atoms with Gasteiger partial charge in [-0.2, -0.15) is 0 Å². The average Bonchev–Trinajstić information content (AvgIpc) is 2.92. The molecule has 3 aromatic rings. The van der Waals surface area contributed by atoms with Crippen LogP contribution in [0.4, 0.5) is 8.78 Å². The van der Waals surface area contributed by atoms with Gasteiger partial charge in [-0.25, -0.2) is 13.6 Å². The number of nitrogens with one attached hydrogen (secondary N) is 1. The Morgan fingerprint density at radius 1 is 0.900 bits per heavy atom. The van der Waals surface area contributed by atoms with Gasteiger partial charge in [0.2, 0.25) is 0 Å². The predicted octanol–water partition coefficient (Wildman–Crippen LogP) is 5.20. The summed E-state index contributed by atoms with van der Waals surface area (Å²) in [6.45, 7) is 9.53. The highest BCUT2D eigenvalue weighted by atomic mass is 19.1. The summed E-state index contributed by atoms with van der Waals surface area (Å²) in [4.78, 5) is 27.9. The molecule has 0 spiro atoms. The maximum absolute atomic E-state index is 13.8. The summed E-state index contributed by atoms with van der Waals surface area (Å²) in [7, 11) is 0. The van der Waals surface area contributed by atoms with Gasteiger partial charge in [-0.1, -0.05) is 31.2 Å². The third kappa shape index (κ3) is 8.69. The van der Waals surface area contributed by atoms with Gasteiger partial charge in [0.1, 0.15) is 17.7 Å². The molecule has 0 aliphatic rings.